The summed E-state index contributed by atoms with van der Waals surface area (Å²) in [5.74, 6) is -1.87. The normalized spacial score (nSPS) is 11.6. The minimum absolute atomic E-state index is 0.0704. The molecule has 0 aliphatic heterocycles. The smallest absolute Gasteiger partial charge is 0.326 e. The van der Waals surface area contributed by atoms with Gasteiger partial charge in [0, 0.05) is 18.0 Å². The van der Waals surface area contributed by atoms with Crippen molar-refractivity contribution in [3.63, 3.8) is 0 Å². The number of primary amides is 1. The van der Waals surface area contributed by atoms with Crippen LogP contribution in [0.3, 0.4) is 0 Å². The van der Waals surface area contributed by atoms with Gasteiger partial charge in [-0.15, -0.1) is 5.10 Å². The Kier molecular flexibility index (Phi) is 4.99. The Bertz CT molecular complexity index is 435. The zero-order valence-corrected chi connectivity index (χ0v) is 9.94. The molecular weight excluding hydrogens is 262 g/mol. The number of nitrogens with one attached hydrogen (secondary N) is 2. The lowest BCUT2D eigenvalue weighted by Crippen LogP contribution is -2.43. The van der Waals surface area contributed by atoms with E-state index in [1.165, 1.54) is 6.20 Å². The summed E-state index contributed by atoms with van der Waals surface area (Å²) in [4.78, 5) is 32.8. The topological polar surface area (TPSA) is 147 Å². The predicted molar refractivity (Wildman–Crippen MR) is 61.9 cm³/mol. The standard InChI is InChI=1S/C8H11N5O4S/c9-5(14)2-1-4(7(15)16)11-8(17)12-6-3-10-13-18-6/h3-4H,1-2H2,(H2,9,14)(H,15,16)(H2,11,12,17)/t4-/m0/s1. The van der Waals surface area contributed by atoms with E-state index in [2.05, 4.69) is 20.2 Å². The fourth-order valence-corrected chi connectivity index (χ4v) is 1.49. The number of aromatic nitrogens is 2. The first-order valence-corrected chi connectivity index (χ1v) is 5.62. The third kappa shape index (κ3) is 4.74. The monoisotopic (exact) mass is 273 g/mol. The third-order valence-corrected chi connectivity index (χ3v) is 2.46. The fraction of sp³-hybridized carbons (Fsp3) is 0.375. The van der Waals surface area contributed by atoms with Crippen LogP contribution < -0.4 is 16.4 Å². The third-order valence-electron chi connectivity index (χ3n) is 1.88. The van der Waals surface area contributed by atoms with Gasteiger partial charge in [0.05, 0.1) is 6.20 Å². The van der Waals surface area contributed by atoms with Gasteiger partial charge in [-0.1, -0.05) is 4.49 Å². The number of aliphatic carboxylic acids is 1. The molecule has 0 aliphatic carbocycles. The maximum Gasteiger partial charge on any atom is 0.326 e. The van der Waals surface area contributed by atoms with E-state index in [-0.39, 0.29) is 12.8 Å². The van der Waals surface area contributed by atoms with Gasteiger partial charge in [-0.3, -0.25) is 10.1 Å². The molecule has 0 radical (unpaired) electrons. The van der Waals surface area contributed by atoms with Gasteiger partial charge in [-0.05, 0) is 6.42 Å². The van der Waals surface area contributed by atoms with Crippen LogP contribution in [0.15, 0.2) is 6.20 Å². The summed E-state index contributed by atoms with van der Waals surface area (Å²) in [6.07, 6.45) is 1.13. The number of carboxylic acid groups (broad SMARTS) is 1. The summed E-state index contributed by atoms with van der Waals surface area (Å²) in [6, 6.07) is -1.89. The predicted octanol–water partition coefficient (Wildman–Crippen LogP) is -0.622. The van der Waals surface area contributed by atoms with Gasteiger partial charge >= 0.3 is 12.0 Å². The quantitative estimate of drug-likeness (QED) is 0.543. The highest BCUT2D eigenvalue weighted by molar-refractivity contribution is 7.10. The average Bonchev–Trinajstić information content (AvgIpc) is 2.76. The van der Waals surface area contributed by atoms with Crippen molar-refractivity contribution in [3.8, 4) is 0 Å². The van der Waals surface area contributed by atoms with Gasteiger partial charge in [0.15, 0.2) is 0 Å². The van der Waals surface area contributed by atoms with Crippen molar-refractivity contribution in [1.82, 2.24) is 14.9 Å². The second-order valence-corrected chi connectivity index (χ2v) is 4.06. The van der Waals surface area contributed by atoms with Crippen LogP contribution in [0.1, 0.15) is 12.8 Å². The molecule has 0 aromatic carbocycles. The second kappa shape index (κ2) is 6.49. The van der Waals surface area contributed by atoms with Gasteiger partial charge < -0.3 is 16.2 Å². The molecule has 1 aromatic heterocycles. The molecule has 0 spiro atoms. The van der Waals surface area contributed by atoms with Crippen LogP contribution in [0.25, 0.3) is 0 Å². The van der Waals surface area contributed by atoms with Crippen LogP contribution in [-0.4, -0.2) is 38.6 Å². The molecular formula is C8H11N5O4S. The molecule has 0 bridgehead atoms. The van der Waals surface area contributed by atoms with Crippen LogP contribution >= 0.6 is 11.5 Å². The number of carboxylic acids is 1. The summed E-state index contributed by atoms with van der Waals surface area (Å²) in [5, 5.41) is 17.3. The summed E-state index contributed by atoms with van der Waals surface area (Å²) in [7, 11) is 0. The number of hydrogen-bond acceptors (Lipinski definition) is 6. The number of anilines is 1. The Balaban J connectivity index is 2.47. The van der Waals surface area contributed by atoms with Crippen LogP contribution in [-0.2, 0) is 9.59 Å². The number of nitrogens with zero attached hydrogens (tertiary/aromatic N) is 2. The van der Waals surface area contributed by atoms with E-state index in [4.69, 9.17) is 10.8 Å². The maximum absolute atomic E-state index is 11.4. The van der Waals surface area contributed by atoms with Crippen molar-refractivity contribution < 1.29 is 19.5 Å². The number of carbonyl (C=O) groups excluding carboxylic acids is 2. The van der Waals surface area contributed by atoms with Crippen LogP contribution in [0.5, 0.6) is 0 Å². The van der Waals surface area contributed by atoms with E-state index in [9.17, 15) is 14.4 Å². The number of nitrogens with two attached hydrogens (primary N) is 1. The van der Waals surface area contributed by atoms with Gasteiger partial charge in [-0.25, -0.2) is 9.59 Å². The number of hydrogen-bond donors (Lipinski definition) is 4. The van der Waals surface area contributed by atoms with E-state index >= 15 is 0 Å². The largest absolute Gasteiger partial charge is 0.480 e. The van der Waals surface area contributed by atoms with Crippen LogP contribution in [0.2, 0.25) is 0 Å². The lowest BCUT2D eigenvalue weighted by molar-refractivity contribution is -0.139. The molecule has 18 heavy (non-hydrogen) atoms. The molecule has 1 heterocycles. The van der Waals surface area contributed by atoms with Crippen molar-refractivity contribution in [1.29, 1.82) is 0 Å². The molecule has 10 heteroatoms. The van der Waals surface area contributed by atoms with Gasteiger partial charge in [-0.2, -0.15) is 0 Å². The average molecular weight is 273 g/mol. The Morgan fingerprint density at radius 1 is 1.50 bits per heavy atom. The minimum Gasteiger partial charge on any atom is -0.480 e. The van der Waals surface area contributed by atoms with Crippen molar-refractivity contribution in [2.45, 2.75) is 18.9 Å². The van der Waals surface area contributed by atoms with Crippen LogP contribution in [0, 0.1) is 0 Å². The number of amides is 3. The Morgan fingerprint density at radius 2 is 2.22 bits per heavy atom. The van der Waals surface area contributed by atoms with Crippen molar-refractivity contribution in [2.75, 3.05) is 5.32 Å². The molecule has 9 nitrogen and oxygen atoms in total. The number of rotatable bonds is 6. The molecule has 3 amide bonds. The molecule has 0 fully saturated rings. The van der Waals surface area contributed by atoms with E-state index in [1.54, 1.807) is 0 Å². The van der Waals surface area contributed by atoms with E-state index in [1.807, 2.05) is 0 Å². The molecule has 0 aliphatic rings. The molecule has 5 N–H and O–H groups in total. The fourth-order valence-electron chi connectivity index (χ4n) is 1.07. The molecule has 0 saturated heterocycles. The molecule has 0 saturated carbocycles. The molecule has 1 atom stereocenters. The highest BCUT2D eigenvalue weighted by Crippen LogP contribution is 2.08. The van der Waals surface area contributed by atoms with Gasteiger partial charge in [0.2, 0.25) is 5.91 Å². The van der Waals surface area contributed by atoms with E-state index < -0.39 is 23.9 Å². The first-order valence-electron chi connectivity index (χ1n) is 4.85. The summed E-state index contributed by atoms with van der Waals surface area (Å²) < 4.78 is 3.52. The van der Waals surface area contributed by atoms with Crippen molar-refractivity contribution >= 4 is 34.4 Å². The molecule has 1 rings (SSSR count). The summed E-state index contributed by atoms with van der Waals surface area (Å²) in [6.45, 7) is 0. The zero-order valence-electron chi connectivity index (χ0n) is 9.12. The first-order chi connectivity index (χ1) is 8.49. The van der Waals surface area contributed by atoms with E-state index in [0.717, 1.165) is 11.5 Å². The highest BCUT2D eigenvalue weighted by atomic mass is 32.1. The van der Waals surface area contributed by atoms with Crippen LogP contribution in [0.4, 0.5) is 9.80 Å². The second-order valence-electron chi connectivity index (χ2n) is 3.28. The minimum atomic E-state index is -1.24. The summed E-state index contributed by atoms with van der Waals surface area (Å²) in [5.41, 5.74) is 4.91. The Labute approximate surface area is 106 Å². The Hall–Kier alpha value is -2.23. The van der Waals surface area contributed by atoms with E-state index in [0.29, 0.717) is 5.00 Å². The molecule has 0 unspecified atom stereocenters. The zero-order chi connectivity index (χ0) is 13.5. The number of carbonyl (C=O) groups is 3. The van der Waals surface area contributed by atoms with Crippen molar-refractivity contribution in [2.24, 2.45) is 5.73 Å². The number of urea groups is 1. The lowest BCUT2D eigenvalue weighted by Gasteiger charge is -2.13. The SMILES string of the molecule is NC(=O)CC[C@H](NC(=O)Nc1cnns1)C(=O)O. The molecule has 98 valence electrons. The first kappa shape index (κ1) is 13.8. The lowest BCUT2D eigenvalue weighted by atomic mass is 10.1. The summed E-state index contributed by atoms with van der Waals surface area (Å²) >= 11 is 0.950. The molecule has 1 aromatic rings. The van der Waals surface area contributed by atoms with Crippen molar-refractivity contribution in [3.05, 3.63) is 6.20 Å². The van der Waals surface area contributed by atoms with Gasteiger partial charge in [0.25, 0.3) is 0 Å². The highest BCUT2D eigenvalue weighted by Gasteiger charge is 2.20. The maximum atomic E-state index is 11.4. The Morgan fingerprint density at radius 3 is 2.72 bits per heavy atom. The van der Waals surface area contributed by atoms with Gasteiger partial charge in [0.1, 0.15) is 11.0 Å².